The van der Waals surface area contributed by atoms with Crippen LogP contribution >= 0.6 is 0 Å². The van der Waals surface area contributed by atoms with E-state index >= 15 is 0 Å². The summed E-state index contributed by atoms with van der Waals surface area (Å²) in [6.07, 6.45) is 9.68. The minimum atomic E-state index is -0.413. The molecule has 0 radical (unpaired) electrons. The fourth-order valence-corrected chi connectivity index (χ4v) is 2.89. The number of nitrogens with zero attached hydrogens (tertiary/aromatic N) is 2. The highest BCUT2D eigenvalue weighted by molar-refractivity contribution is 4.77. The molecular weight excluding hydrogens is 266 g/mol. The molecular formula is C16H29N3O2. The first-order chi connectivity index (χ1) is 10.3. The average Bonchev–Trinajstić information content (AvgIpc) is 2.99. The third-order valence-corrected chi connectivity index (χ3v) is 4.22. The van der Waals surface area contributed by atoms with E-state index in [1.807, 2.05) is 16.9 Å². The number of aromatic nitrogens is 2. The van der Waals surface area contributed by atoms with Crippen LogP contribution in [0.1, 0.15) is 39.0 Å². The highest BCUT2D eigenvalue weighted by Crippen LogP contribution is 2.26. The van der Waals surface area contributed by atoms with Crippen molar-refractivity contribution in [1.82, 2.24) is 15.1 Å². The zero-order valence-corrected chi connectivity index (χ0v) is 13.1. The zero-order valence-electron chi connectivity index (χ0n) is 13.1. The van der Waals surface area contributed by atoms with Crippen LogP contribution in [0.15, 0.2) is 18.5 Å². The maximum atomic E-state index is 9.94. The van der Waals surface area contributed by atoms with Crippen LogP contribution in [0.4, 0.5) is 0 Å². The van der Waals surface area contributed by atoms with E-state index in [-0.39, 0.29) is 0 Å². The van der Waals surface area contributed by atoms with Crippen molar-refractivity contribution in [3.8, 4) is 0 Å². The molecule has 0 saturated heterocycles. The van der Waals surface area contributed by atoms with Crippen molar-refractivity contribution in [3.63, 3.8) is 0 Å². The first kappa shape index (κ1) is 16.5. The Morgan fingerprint density at radius 2 is 2.29 bits per heavy atom. The fourth-order valence-electron chi connectivity index (χ4n) is 2.89. The third-order valence-electron chi connectivity index (χ3n) is 4.22. The lowest BCUT2D eigenvalue weighted by Crippen LogP contribution is -2.35. The molecule has 3 atom stereocenters. The van der Waals surface area contributed by atoms with Crippen LogP contribution in [0.25, 0.3) is 0 Å². The van der Waals surface area contributed by atoms with E-state index in [9.17, 15) is 5.11 Å². The van der Waals surface area contributed by atoms with Crippen LogP contribution in [0, 0.1) is 5.92 Å². The molecule has 1 aromatic rings. The molecule has 2 rings (SSSR count). The van der Waals surface area contributed by atoms with Gasteiger partial charge in [-0.2, -0.15) is 5.10 Å². The first-order valence-electron chi connectivity index (χ1n) is 8.23. The number of rotatable bonds is 9. The van der Waals surface area contributed by atoms with Crippen molar-refractivity contribution in [2.75, 3.05) is 19.7 Å². The van der Waals surface area contributed by atoms with Gasteiger partial charge in [-0.25, -0.2) is 0 Å². The summed E-state index contributed by atoms with van der Waals surface area (Å²) in [5.41, 5.74) is 0. The number of aliphatic hydroxyl groups is 1. The Hall–Kier alpha value is -0.910. The molecule has 120 valence electrons. The molecule has 1 aliphatic carbocycles. The molecule has 0 amide bonds. The van der Waals surface area contributed by atoms with E-state index in [2.05, 4.69) is 17.3 Å². The molecule has 1 aliphatic rings. The summed E-state index contributed by atoms with van der Waals surface area (Å²) in [6.45, 7) is 5.09. The number of aliphatic hydroxyl groups excluding tert-OH is 1. The van der Waals surface area contributed by atoms with Crippen molar-refractivity contribution < 1.29 is 9.84 Å². The lowest BCUT2D eigenvalue weighted by atomic mass is 9.88. The largest absolute Gasteiger partial charge is 0.389 e. The minimum absolute atomic E-state index is 0.341. The second-order valence-electron chi connectivity index (χ2n) is 6.11. The van der Waals surface area contributed by atoms with Crippen LogP contribution in [0.2, 0.25) is 0 Å². The van der Waals surface area contributed by atoms with Crippen molar-refractivity contribution in [1.29, 1.82) is 0 Å². The van der Waals surface area contributed by atoms with Gasteiger partial charge in [-0.15, -0.1) is 0 Å². The SMILES string of the molecule is CC1CCCCC1OCC(O)CNCCCn1cccn1. The van der Waals surface area contributed by atoms with E-state index in [4.69, 9.17) is 4.74 Å². The monoisotopic (exact) mass is 295 g/mol. The zero-order chi connectivity index (χ0) is 14.9. The van der Waals surface area contributed by atoms with E-state index in [1.165, 1.54) is 19.3 Å². The van der Waals surface area contributed by atoms with Gasteiger partial charge in [0, 0.05) is 25.5 Å². The van der Waals surface area contributed by atoms with Gasteiger partial charge < -0.3 is 15.2 Å². The Morgan fingerprint density at radius 1 is 1.43 bits per heavy atom. The van der Waals surface area contributed by atoms with Gasteiger partial charge >= 0.3 is 0 Å². The van der Waals surface area contributed by atoms with Crippen molar-refractivity contribution in [3.05, 3.63) is 18.5 Å². The topological polar surface area (TPSA) is 59.3 Å². The molecule has 0 bridgehead atoms. The average molecular weight is 295 g/mol. The third kappa shape index (κ3) is 6.16. The van der Waals surface area contributed by atoms with Crippen LogP contribution < -0.4 is 5.32 Å². The van der Waals surface area contributed by atoms with Crippen LogP contribution in [0.5, 0.6) is 0 Å². The van der Waals surface area contributed by atoms with Gasteiger partial charge in [0.15, 0.2) is 0 Å². The van der Waals surface area contributed by atoms with Crippen molar-refractivity contribution in [2.45, 2.75) is 57.8 Å². The standard InChI is InChI=1S/C16H29N3O2/c1-14-6-2-3-7-16(14)21-13-15(20)12-17-8-4-10-19-11-5-9-18-19/h5,9,11,14-17,20H,2-4,6-8,10,12-13H2,1H3. The summed E-state index contributed by atoms with van der Waals surface area (Å²) >= 11 is 0. The molecule has 3 unspecified atom stereocenters. The molecule has 0 aliphatic heterocycles. The van der Waals surface area contributed by atoms with E-state index in [1.54, 1.807) is 6.20 Å². The number of hydrogen-bond acceptors (Lipinski definition) is 4. The van der Waals surface area contributed by atoms with Crippen molar-refractivity contribution in [2.24, 2.45) is 5.92 Å². The van der Waals surface area contributed by atoms with Gasteiger partial charge in [-0.05, 0) is 37.8 Å². The highest BCUT2D eigenvalue weighted by atomic mass is 16.5. The van der Waals surface area contributed by atoms with Crippen molar-refractivity contribution >= 4 is 0 Å². The number of nitrogens with one attached hydrogen (secondary N) is 1. The molecule has 5 heteroatoms. The van der Waals surface area contributed by atoms with Crippen LogP contribution in [0.3, 0.4) is 0 Å². The summed E-state index contributed by atoms with van der Waals surface area (Å²) < 4.78 is 7.79. The Labute approximate surface area is 127 Å². The normalized spacial score (nSPS) is 24.1. The number of ether oxygens (including phenoxy) is 1. The maximum absolute atomic E-state index is 9.94. The first-order valence-corrected chi connectivity index (χ1v) is 8.23. The Balaban J connectivity index is 1.48. The molecule has 1 heterocycles. The number of aryl methyl sites for hydroxylation is 1. The highest BCUT2D eigenvalue weighted by Gasteiger charge is 2.22. The summed E-state index contributed by atoms with van der Waals surface area (Å²) in [6, 6.07) is 1.93. The van der Waals surface area contributed by atoms with E-state index in [0.717, 1.165) is 25.9 Å². The summed E-state index contributed by atoms with van der Waals surface area (Å²) in [5.74, 6) is 0.632. The quantitative estimate of drug-likeness (QED) is 0.682. The van der Waals surface area contributed by atoms with Crippen LogP contribution in [-0.4, -0.2) is 46.8 Å². The predicted molar refractivity (Wildman–Crippen MR) is 83.1 cm³/mol. The maximum Gasteiger partial charge on any atom is 0.0897 e. The van der Waals surface area contributed by atoms with Crippen LogP contribution in [-0.2, 0) is 11.3 Å². The Kier molecular flexibility index (Phi) is 7.19. The molecule has 1 saturated carbocycles. The smallest absolute Gasteiger partial charge is 0.0897 e. The minimum Gasteiger partial charge on any atom is -0.389 e. The lowest BCUT2D eigenvalue weighted by molar-refractivity contribution is -0.0451. The molecule has 0 spiro atoms. The van der Waals surface area contributed by atoms with Gasteiger partial charge in [0.1, 0.15) is 0 Å². The summed E-state index contributed by atoms with van der Waals surface area (Å²) in [4.78, 5) is 0. The molecule has 1 fully saturated rings. The van der Waals surface area contributed by atoms with E-state index < -0.39 is 6.10 Å². The molecule has 2 N–H and O–H groups in total. The Bertz CT molecular complexity index is 370. The number of hydrogen-bond donors (Lipinski definition) is 2. The predicted octanol–water partition coefficient (Wildman–Crippen LogP) is 1.82. The molecule has 0 aromatic carbocycles. The van der Waals surface area contributed by atoms with Gasteiger partial charge in [-0.1, -0.05) is 19.8 Å². The van der Waals surface area contributed by atoms with Gasteiger partial charge in [0.05, 0.1) is 18.8 Å². The van der Waals surface area contributed by atoms with E-state index in [0.29, 0.717) is 25.2 Å². The summed E-state index contributed by atoms with van der Waals surface area (Å²) in [7, 11) is 0. The lowest BCUT2D eigenvalue weighted by Gasteiger charge is -2.29. The van der Waals surface area contributed by atoms with Gasteiger partial charge in [-0.3, -0.25) is 4.68 Å². The molecule has 21 heavy (non-hydrogen) atoms. The Morgan fingerprint density at radius 3 is 3.05 bits per heavy atom. The summed E-state index contributed by atoms with van der Waals surface area (Å²) in [5, 5.41) is 17.4. The molecule has 5 nitrogen and oxygen atoms in total. The molecule has 1 aromatic heterocycles. The second kappa shape index (κ2) is 9.18. The second-order valence-corrected chi connectivity index (χ2v) is 6.11. The fraction of sp³-hybridized carbons (Fsp3) is 0.812. The van der Waals surface area contributed by atoms with Gasteiger partial charge in [0.2, 0.25) is 0 Å². The van der Waals surface area contributed by atoms with Gasteiger partial charge in [0.25, 0.3) is 0 Å².